The smallest absolute Gasteiger partial charge is 0.132 e. The van der Waals surface area contributed by atoms with Crippen molar-refractivity contribution in [1.29, 1.82) is 0 Å². The van der Waals surface area contributed by atoms with E-state index in [2.05, 4.69) is 15.3 Å². The van der Waals surface area contributed by atoms with Gasteiger partial charge in [-0.1, -0.05) is 17.7 Å². The lowest BCUT2D eigenvalue weighted by molar-refractivity contribution is 1.18. The fourth-order valence-electron chi connectivity index (χ4n) is 1.22. The highest BCUT2D eigenvalue weighted by atomic mass is 35.5. The number of anilines is 2. The number of nitrogens with zero attached hydrogens (tertiary/aromatic N) is 2. The fraction of sp³-hybridized carbons (Fsp3) is 0.0909. The third kappa shape index (κ3) is 2.67. The second-order valence-corrected chi connectivity index (χ2v) is 3.58. The van der Waals surface area contributed by atoms with Gasteiger partial charge in [-0.3, -0.25) is 0 Å². The minimum Gasteiger partial charge on any atom is -0.325 e. The minimum absolute atomic E-state index is 0.653. The zero-order valence-electron chi connectivity index (χ0n) is 8.24. The average Bonchev–Trinajstić information content (AvgIpc) is 2.17. The number of aromatic nitrogens is 2. The number of halogens is 1. The molecule has 0 bridgehead atoms. The maximum absolute atomic E-state index is 5.84. The van der Waals surface area contributed by atoms with E-state index in [-0.39, 0.29) is 0 Å². The molecule has 0 fully saturated rings. The highest BCUT2D eigenvalue weighted by Crippen LogP contribution is 2.16. The van der Waals surface area contributed by atoms with Crippen LogP contribution in [0.3, 0.4) is 0 Å². The van der Waals surface area contributed by atoms with E-state index < -0.39 is 0 Å². The van der Waals surface area contributed by atoms with Gasteiger partial charge >= 0.3 is 0 Å². The summed E-state index contributed by atoms with van der Waals surface area (Å²) in [6.45, 7) is 1.94. The molecular weight excluding hydrogens is 210 g/mol. The second-order valence-electron chi connectivity index (χ2n) is 3.15. The molecule has 0 atom stereocenters. The van der Waals surface area contributed by atoms with Gasteiger partial charge in [0.1, 0.15) is 11.6 Å². The Bertz CT molecular complexity index is 427. The molecule has 2 aromatic rings. The second kappa shape index (κ2) is 4.28. The van der Waals surface area contributed by atoms with Gasteiger partial charge in [-0.25, -0.2) is 9.97 Å². The summed E-state index contributed by atoms with van der Waals surface area (Å²) in [4.78, 5) is 8.43. The summed E-state index contributed by atoms with van der Waals surface area (Å²) in [6, 6.07) is 9.25. The van der Waals surface area contributed by atoms with Crippen LogP contribution in [0.15, 0.2) is 36.5 Å². The highest BCUT2D eigenvalue weighted by molar-refractivity contribution is 6.30. The first-order chi connectivity index (χ1) is 7.24. The molecule has 1 N–H and O–H groups in total. The van der Waals surface area contributed by atoms with Crippen molar-refractivity contribution >= 4 is 23.2 Å². The van der Waals surface area contributed by atoms with Crippen LogP contribution >= 0.6 is 11.6 Å². The molecule has 0 unspecified atom stereocenters. The molecule has 0 amide bonds. The first kappa shape index (κ1) is 9.93. The van der Waals surface area contributed by atoms with E-state index in [1.807, 2.05) is 25.1 Å². The molecule has 2 heterocycles. The van der Waals surface area contributed by atoms with Gasteiger partial charge in [-0.15, -0.1) is 0 Å². The first-order valence-electron chi connectivity index (χ1n) is 4.56. The van der Waals surface area contributed by atoms with Crippen molar-refractivity contribution in [2.45, 2.75) is 6.92 Å². The lowest BCUT2D eigenvalue weighted by Gasteiger charge is -2.04. The molecule has 0 saturated carbocycles. The lowest BCUT2D eigenvalue weighted by Crippen LogP contribution is -1.96. The summed E-state index contributed by atoms with van der Waals surface area (Å²) < 4.78 is 0. The van der Waals surface area contributed by atoms with Crippen LogP contribution in [0.4, 0.5) is 11.6 Å². The van der Waals surface area contributed by atoms with Gasteiger partial charge in [0.2, 0.25) is 0 Å². The largest absolute Gasteiger partial charge is 0.325 e. The van der Waals surface area contributed by atoms with Crippen molar-refractivity contribution in [3.8, 4) is 0 Å². The van der Waals surface area contributed by atoms with Gasteiger partial charge in [0.25, 0.3) is 0 Å². The Morgan fingerprint density at radius 2 is 2.07 bits per heavy atom. The molecule has 2 aromatic heterocycles. The van der Waals surface area contributed by atoms with Crippen molar-refractivity contribution < 1.29 is 0 Å². The van der Waals surface area contributed by atoms with E-state index >= 15 is 0 Å². The molecule has 4 heteroatoms. The van der Waals surface area contributed by atoms with Crippen molar-refractivity contribution in [2.75, 3.05) is 5.32 Å². The van der Waals surface area contributed by atoms with Crippen LogP contribution in [0, 0.1) is 6.92 Å². The number of rotatable bonds is 2. The van der Waals surface area contributed by atoms with Crippen molar-refractivity contribution in [2.24, 2.45) is 0 Å². The summed E-state index contributed by atoms with van der Waals surface area (Å²) in [5.41, 5.74) is 0.960. The summed E-state index contributed by atoms with van der Waals surface area (Å²) in [7, 11) is 0. The average molecular weight is 220 g/mol. The highest BCUT2D eigenvalue weighted by Gasteiger charge is 1.97. The van der Waals surface area contributed by atoms with E-state index in [0.29, 0.717) is 10.8 Å². The Morgan fingerprint density at radius 3 is 2.80 bits per heavy atom. The van der Waals surface area contributed by atoms with Gasteiger partial charge in [0.05, 0.1) is 0 Å². The summed E-state index contributed by atoms with van der Waals surface area (Å²) in [5.74, 6) is 1.46. The molecule has 3 nitrogen and oxygen atoms in total. The number of pyridine rings is 2. The van der Waals surface area contributed by atoms with Crippen LogP contribution in [0.2, 0.25) is 5.02 Å². The summed E-state index contributed by atoms with van der Waals surface area (Å²) >= 11 is 5.84. The molecule has 0 aliphatic carbocycles. The fourth-order valence-corrected chi connectivity index (χ4v) is 1.38. The van der Waals surface area contributed by atoms with Crippen LogP contribution in [0.25, 0.3) is 0 Å². The van der Waals surface area contributed by atoms with Gasteiger partial charge in [0, 0.05) is 16.9 Å². The number of hydrogen-bond acceptors (Lipinski definition) is 3. The van der Waals surface area contributed by atoms with E-state index in [9.17, 15) is 0 Å². The van der Waals surface area contributed by atoms with Crippen molar-refractivity contribution in [1.82, 2.24) is 9.97 Å². The van der Waals surface area contributed by atoms with Crippen LogP contribution in [-0.2, 0) is 0 Å². The molecule has 15 heavy (non-hydrogen) atoms. The zero-order chi connectivity index (χ0) is 10.7. The van der Waals surface area contributed by atoms with Gasteiger partial charge in [0.15, 0.2) is 0 Å². The molecular formula is C11H10ClN3. The monoisotopic (exact) mass is 219 g/mol. The Kier molecular flexibility index (Phi) is 2.83. The minimum atomic E-state index is 0.653. The standard InChI is InChI=1S/C11H10ClN3/c1-8-3-2-4-10(14-8)15-11-7-9(12)5-6-13-11/h2-7H,1H3,(H,13,14,15). The third-order valence-electron chi connectivity index (χ3n) is 1.87. The SMILES string of the molecule is Cc1cccc(Nc2cc(Cl)ccn2)n1. The van der Waals surface area contributed by atoms with Crippen LogP contribution in [0.5, 0.6) is 0 Å². The Labute approximate surface area is 93.1 Å². The normalized spacial score (nSPS) is 10.0. The molecule has 0 radical (unpaired) electrons. The third-order valence-corrected chi connectivity index (χ3v) is 2.10. The molecule has 0 aromatic carbocycles. The number of aryl methyl sites for hydroxylation is 1. The molecule has 76 valence electrons. The van der Waals surface area contributed by atoms with Gasteiger partial charge in [-0.2, -0.15) is 0 Å². The van der Waals surface area contributed by atoms with Crippen molar-refractivity contribution in [3.63, 3.8) is 0 Å². The van der Waals surface area contributed by atoms with E-state index in [1.165, 1.54) is 0 Å². The predicted molar refractivity (Wildman–Crippen MR) is 61.5 cm³/mol. The van der Waals surface area contributed by atoms with Crippen molar-refractivity contribution in [3.05, 3.63) is 47.2 Å². The first-order valence-corrected chi connectivity index (χ1v) is 4.94. The molecule has 2 rings (SSSR count). The van der Waals surface area contributed by atoms with Crippen LogP contribution in [-0.4, -0.2) is 9.97 Å². The summed E-state index contributed by atoms with van der Waals surface area (Å²) in [6.07, 6.45) is 1.65. The number of nitrogens with one attached hydrogen (secondary N) is 1. The Hall–Kier alpha value is -1.61. The van der Waals surface area contributed by atoms with Gasteiger partial charge < -0.3 is 5.32 Å². The predicted octanol–water partition coefficient (Wildman–Crippen LogP) is 3.18. The van der Waals surface area contributed by atoms with E-state index in [4.69, 9.17) is 11.6 Å². The number of hydrogen-bond donors (Lipinski definition) is 1. The topological polar surface area (TPSA) is 37.8 Å². The Balaban J connectivity index is 2.22. The molecule has 0 aliphatic rings. The van der Waals surface area contributed by atoms with E-state index in [0.717, 1.165) is 11.5 Å². The van der Waals surface area contributed by atoms with Crippen LogP contribution in [0.1, 0.15) is 5.69 Å². The molecule has 0 spiro atoms. The maximum atomic E-state index is 5.84. The van der Waals surface area contributed by atoms with Crippen LogP contribution < -0.4 is 5.32 Å². The van der Waals surface area contributed by atoms with Gasteiger partial charge in [-0.05, 0) is 31.2 Å². The quantitative estimate of drug-likeness (QED) is 0.843. The summed E-state index contributed by atoms with van der Waals surface area (Å²) in [5, 5.41) is 3.73. The molecule has 0 aliphatic heterocycles. The van der Waals surface area contributed by atoms with E-state index in [1.54, 1.807) is 18.3 Å². The maximum Gasteiger partial charge on any atom is 0.132 e. The lowest BCUT2D eigenvalue weighted by atomic mass is 10.3. The molecule has 0 saturated heterocycles. The zero-order valence-corrected chi connectivity index (χ0v) is 8.99. The Morgan fingerprint density at radius 1 is 1.20 bits per heavy atom.